The Morgan fingerprint density at radius 1 is 1.00 bits per heavy atom. The topological polar surface area (TPSA) is 107 Å². The number of fused-ring (bicyclic) bond motifs is 1. The number of esters is 2. The zero-order valence-corrected chi connectivity index (χ0v) is 13.5. The average Bonchev–Trinajstić information content (AvgIpc) is 2.50. The van der Waals surface area contributed by atoms with Crippen LogP contribution in [0.5, 0.6) is 0 Å². The van der Waals surface area contributed by atoms with Crippen molar-refractivity contribution < 1.29 is 52.3 Å². The van der Waals surface area contributed by atoms with Crippen molar-refractivity contribution in [1.82, 2.24) is 0 Å². The Balaban J connectivity index is 0.00000264. The molecule has 7 nitrogen and oxygen atoms in total. The first-order chi connectivity index (χ1) is 10.3. The van der Waals surface area contributed by atoms with Gasteiger partial charge in [0.05, 0.1) is 25.3 Å². The summed E-state index contributed by atoms with van der Waals surface area (Å²) in [4.78, 5) is 22.6. The van der Waals surface area contributed by atoms with Crippen molar-refractivity contribution in [3.05, 3.63) is 41.5 Å². The zero-order chi connectivity index (χ0) is 16.5. The number of carbonyl (C=O) groups is 2. The first kappa shape index (κ1) is 19.2. The van der Waals surface area contributed by atoms with Crippen LogP contribution in [0.25, 0.3) is 10.8 Å². The van der Waals surface area contributed by atoms with E-state index in [1.54, 1.807) is 0 Å². The minimum absolute atomic E-state index is 0. The summed E-state index contributed by atoms with van der Waals surface area (Å²) in [6.07, 6.45) is 0. The number of ether oxygens (including phenoxy) is 2. The molecule has 0 aliphatic heterocycles. The standard InChI is InChI=1S/C14H12O7S.Li.H/c1-20-13(15)9-4-3-8-5-10(14(16)21-2)7-12(11(8)6-9)22(17,18)19;;/h3-7H,1-2H3,(H,17,18,19);;/q;+1;-1. The van der Waals surface area contributed by atoms with Gasteiger partial charge in [-0.05, 0) is 29.7 Å². The second-order valence-electron chi connectivity index (χ2n) is 4.37. The minimum Gasteiger partial charge on any atom is -1.00 e. The molecule has 0 aliphatic rings. The first-order valence-electron chi connectivity index (χ1n) is 6.00. The molecule has 0 spiro atoms. The molecular formula is C14H13LiO7S. The van der Waals surface area contributed by atoms with E-state index in [-0.39, 0.29) is 36.8 Å². The zero-order valence-electron chi connectivity index (χ0n) is 13.7. The van der Waals surface area contributed by atoms with Crippen LogP contribution in [0.1, 0.15) is 22.1 Å². The number of rotatable bonds is 3. The van der Waals surface area contributed by atoms with Crippen LogP contribution in [0, 0.1) is 0 Å². The van der Waals surface area contributed by atoms with Crippen LogP contribution < -0.4 is 18.9 Å². The maximum atomic E-state index is 11.6. The van der Waals surface area contributed by atoms with Crippen molar-refractivity contribution >= 4 is 32.8 Å². The van der Waals surface area contributed by atoms with Gasteiger partial charge in [-0.25, -0.2) is 9.59 Å². The van der Waals surface area contributed by atoms with Gasteiger partial charge < -0.3 is 10.9 Å². The van der Waals surface area contributed by atoms with Gasteiger partial charge in [0.2, 0.25) is 0 Å². The summed E-state index contributed by atoms with van der Waals surface area (Å²) in [5, 5.41) is 0.446. The van der Waals surface area contributed by atoms with Gasteiger partial charge in [-0.1, -0.05) is 6.07 Å². The Morgan fingerprint density at radius 3 is 2.09 bits per heavy atom. The van der Waals surface area contributed by atoms with Crippen LogP contribution in [-0.2, 0) is 19.6 Å². The molecule has 0 fully saturated rings. The molecule has 2 aromatic rings. The summed E-state index contributed by atoms with van der Waals surface area (Å²) in [6, 6.07) is 6.53. The molecule has 118 valence electrons. The molecule has 2 aromatic carbocycles. The van der Waals surface area contributed by atoms with Crippen molar-refractivity contribution in [2.24, 2.45) is 0 Å². The number of methoxy groups -OCH3 is 2. The van der Waals surface area contributed by atoms with Gasteiger partial charge in [-0.2, -0.15) is 8.42 Å². The molecule has 0 saturated carbocycles. The molecular weight excluding hydrogens is 319 g/mol. The predicted molar refractivity (Wildman–Crippen MR) is 77.6 cm³/mol. The fourth-order valence-electron chi connectivity index (χ4n) is 2.02. The Bertz CT molecular complexity index is 880. The molecule has 9 heteroatoms. The van der Waals surface area contributed by atoms with Crippen LogP contribution in [-0.4, -0.2) is 39.1 Å². The molecule has 0 atom stereocenters. The smallest absolute Gasteiger partial charge is 1.00 e. The second-order valence-corrected chi connectivity index (χ2v) is 5.76. The van der Waals surface area contributed by atoms with Gasteiger partial charge in [0, 0.05) is 5.39 Å². The summed E-state index contributed by atoms with van der Waals surface area (Å²) in [5.74, 6) is -1.40. The molecule has 0 unspecified atom stereocenters. The Labute approximate surface area is 146 Å². The molecule has 0 amide bonds. The van der Waals surface area contributed by atoms with Gasteiger partial charge in [0.15, 0.2) is 0 Å². The van der Waals surface area contributed by atoms with Gasteiger partial charge in [-0.15, -0.1) is 0 Å². The van der Waals surface area contributed by atoms with Crippen molar-refractivity contribution in [3.8, 4) is 0 Å². The normalized spacial score (nSPS) is 10.7. The Hall–Kier alpha value is -1.85. The van der Waals surface area contributed by atoms with Crippen LogP contribution in [0.3, 0.4) is 0 Å². The summed E-state index contributed by atoms with van der Waals surface area (Å²) in [6.45, 7) is 0. The van der Waals surface area contributed by atoms with Crippen LogP contribution in [0.15, 0.2) is 35.2 Å². The molecule has 0 aliphatic carbocycles. The fraction of sp³-hybridized carbons (Fsp3) is 0.143. The average molecular weight is 332 g/mol. The summed E-state index contributed by atoms with van der Waals surface area (Å²) < 4.78 is 41.6. The van der Waals surface area contributed by atoms with Crippen LogP contribution >= 0.6 is 0 Å². The van der Waals surface area contributed by atoms with E-state index in [0.29, 0.717) is 5.39 Å². The van der Waals surface area contributed by atoms with E-state index in [1.807, 2.05) is 0 Å². The van der Waals surface area contributed by atoms with Gasteiger partial charge in [0.25, 0.3) is 10.1 Å². The number of benzene rings is 2. The van der Waals surface area contributed by atoms with Crippen LogP contribution in [0.4, 0.5) is 0 Å². The van der Waals surface area contributed by atoms with E-state index >= 15 is 0 Å². The van der Waals surface area contributed by atoms with E-state index in [9.17, 15) is 22.6 Å². The number of carbonyl (C=O) groups excluding carboxylic acids is 2. The third-order valence-corrected chi connectivity index (χ3v) is 3.93. The van der Waals surface area contributed by atoms with E-state index in [0.717, 1.165) is 13.2 Å². The van der Waals surface area contributed by atoms with Crippen molar-refractivity contribution in [2.45, 2.75) is 4.90 Å². The van der Waals surface area contributed by atoms with Gasteiger partial charge >= 0.3 is 30.8 Å². The second kappa shape index (κ2) is 7.15. The predicted octanol–water partition coefficient (Wildman–Crippen LogP) is -1.22. The number of hydrogen-bond donors (Lipinski definition) is 1. The summed E-state index contributed by atoms with van der Waals surface area (Å²) in [5.41, 5.74) is 0.0826. The largest absolute Gasteiger partial charge is 1.00 e. The number of hydrogen-bond acceptors (Lipinski definition) is 6. The Kier molecular flexibility index (Phi) is 5.96. The molecule has 1 N–H and O–H groups in total. The van der Waals surface area contributed by atoms with E-state index < -0.39 is 27.0 Å². The van der Waals surface area contributed by atoms with Crippen LogP contribution in [0.2, 0.25) is 0 Å². The van der Waals surface area contributed by atoms with Crippen molar-refractivity contribution in [1.29, 1.82) is 0 Å². The quantitative estimate of drug-likeness (QED) is 0.426. The molecule has 2 rings (SSSR count). The molecule has 0 bridgehead atoms. The molecule has 23 heavy (non-hydrogen) atoms. The van der Waals surface area contributed by atoms with Gasteiger partial charge in [0.1, 0.15) is 4.90 Å². The van der Waals surface area contributed by atoms with Crippen molar-refractivity contribution in [2.75, 3.05) is 14.2 Å². The third-order valence-electron chi connectivity index (χ3n) is 3.04. The molecule has 0 saturated heterocycles. The monoisotopic (exact) mass is 332 g/mol. The Morgan fingerprint density at radius 2 is 1.57 bits per heavy atom. The first-order valence-corrected chi connectivity index (χ1v) is 7.44. The third kappa shape index (κ3) is 3.92. The molecule has 0 heterocycles. The minimum atomic E-state index is -4.60. The van der Waals surface area contributed by atoms with E-state index in [1.165, 1.54) is 31.4 Å². The maximum absolute atomic E-state index is 11.6. The molecule has 0 radical (unpaired) electrons. The molecule has 0 aromatic heterocycles. The maximum Gasteiger partial charge on any atom is 1.00 e. The van der Waals surface area contributed by atoms with Crippen molar-refractivity contribution in [3.63, 3.8) is 0 Å². The van der Waals surface area contributed by atoms with E-state index in [4.69, 9.17) is 0 Å². The fourth-order valence-corrected chi connectivity index (χ4v) is 2.75. The van der Waals surface area contributed by atoms with E-state index in [2.05, 4.69) is 9.47 Å². The SMILES string of the molecule is COC(=O)c1cc(S(=O)(=O)O)c2cc(C(=O)OC)ccc2c1.[H-].[Li+]. The summed E-state index contributed by atoms with van der Waals surface area (Å²) in [7, 11) is -2.26. The van der Waals surface area contributed by atoms with Gasteiger partial charge in [-0.3, -0.25) is 4.55 Å². The summed E-state index contributed by atoms with van der Waals surface area (Å²) >= 11 is 0.